The van der Waals surface area contributed by atoms with Gasteiger partial charge in [-0.2, -0.15) is 0 Å². The Kier molecular flexibility index (Phi) is 6.60. The predicted molar refractivity (Wildman–Crippen MR) is 50.9 cm³/mol. The lowest BCUT2D eigenvalue weighted by atomic mass is 10.4. The molecule has 0 rings (SSSR count). The molecule has 0 unspecified atom stereocenters. The Bertz CT molecular complexity index is 161. The predicted octanol–water partition coefficient (Wildman–Crippen LogP) is -0.185. The van der Waals surface area contributed by atoms with Crippen LogP contribution in [0.5, 0.6) is 0 Å². The summed E-state index contributed by atoms with van der Waals surface area (Å²) in [4.78, 5) is 11.3. The van der Waals surface area contributed by atoms with Gasteiger partial charge >= 0.3 is 0 Å². The van der Waals surface area contributed by atoms with Crippen LogP contribution < -0.4 is 11.1 Å². The van der Waals surface area contributed by atoms with Gasteiger partial charge in [-0.05, 0) is 6.92 Å². The van der Waals surface area contributed by atoms with Crippen LogP contribution >= 0.6 is 12.2 Å². The van der Waals surface area contributed by atoms with Crippen LogP contribution in [0.3, 0.4) is 0 Å². The maximum Gasteiger partial charge on any atom is 0.246 e. The highest BCUT2D eigenvalue weighted by molar-refractivity contribution is 7.80. The highest BCUT2D eigenvalue weighted by atomic mass is 32.1. The Balaban J connectivity index is 3.25. The zero-order valence-corrected chi connectivity index (χ0v) is 7.95. The first-order valence-corrected chi connectivity index (χ1v) is 4.20. The van der Waals surface area contributed by atoms with Crippen molar-refractivity contribution < 1.29 is 9.53 Å². The van der Waals surface area contributed by atoms with Crippen molar-refractivity contribution in [3.05, 3.63) is 0 Å². The molecule has 0 atom stereocenters. The molecule has 3 N–H and O–H groups in total. The van der Waals surface area contributed by atoms with E-state index in [-0.39, 0.29) is 12.5 Å². The summed E-state index contributed by atoms with van der Waals surface area (Å²) in [6, 6.07) is 0. The van der Waals surface area contributed by atoms with E-state index in [1.807, 2.05) is 6.92 Å². The molecule has 0 aliphatic carbocycles. The fourth-order valence-corrected chi connectivity index (χ4v) is 0.673. The fourth-order valence-electron chi connectivity index (χ4n) is 0.571. The molecule has 0 heterocycles. The van der Waals surface area contributed by atoms with Gasteiger partial charge in [0.1, 0.15) is 6.61 Å². The lowest BCUT2D eigenvalue weighted by Gasteiger charge is -2.03. The molecule has 0 saturated heterocycles. The monoisotopic (exact) mass is 190 g/mol. The molecule has 12 heavy (non-hydrogen) atoms. The van der Waals surface area contributed by atoms with E-state index < -0.39 is 0 Å². The van der Waals surface area contributed by atoms with E-state index in [0.717, 1.165) is 0 Å². The number of carbonyl (C=O) groups is 1. The number of amides is 1. The summed E-state index contributed by atoms with van der Waals surface area (Å²) < 4.78 is 4.88. The highest BCUT2D eigenvalue weighted by Crippen LogP contribution is 1.78. The van der Waals surface area contributed by atoms with Gasteiger partial charge in [-0.1, -0.05) is 12.2 Å². The number of rotatable bonds is 6. The third-order valence-corrected chi connectivity index (χ3v) is 1.33. The maximum absolute atomic E-state index is 10.9. The topological polar surface area (TPSA) is 64.3 Å². The van der Waals surface area contributed by atoms with E-state index in [1.165, 1.54) is 0 Å². The van der Waals surface area contributed by atoms with Gasteiger partial charge in [0.15, 0.2) is 0 Å². The Hall–Kier alpha value is -0.680. The summed E-state index contributed by atoms with van der Waals surface area (Å²) in [6.45, 7) is 2.97. The van der Waals surface area contributed by atoms with E-state index in [9.17, 15) is 4.79 Å². The standard InChI is InChI=1S/C7H14N2O2S/c1-2-11-5-7(10)9-4-3-6(8)12/h2-5H2,1H3,(H2,8,12)(H,9,10). The molecule has 0 radical (unpaired) electrons. The summed E-state index contributed by atoms with van der Waals surface area (Å²) in [5.74, 6) is -0.131. The van der Waals surface area contributed by atoms with Gasteiger partial charge in [0.05, 0.1) is 4.99 Å². The first kappa shape index (κ1) is 11.3. The molecule has 0 aromatic rings. The Morgan fingerprint density at radius 3 is 2.83 bits per heavy atom. The number of thiocarbonyl (C=S) groups is 1. The molecule has 0 aromatic heterocycles. The first-order chi connectivity index (χ1) is 5.66. The maximum atomic E-state index is 10.9. The van der Waals surface area contributed by atoms with Crippen LogP contribution in [0.1, 0.15) is 13.3 Å². The molecule has 1 amide bonds. The summed E-state index contributed by atoms with van der Waals surface area (Å²) in [5.41, 5.74) is 5.23. The Morgan fingerprint density at radius 2 is 2.33 bits per heavy atom. The van der Waals surface area contributed by atoms with Crippen LogP contribution in [-0.2, 0) is 9.53 Å². The number of hydrogen-bond donors (Lipinski definition) is 2. The third kappa shape index (κ3) is 7.43. The van der Waals surface area contributed by atoms with E-state index in [4.69, 9.17) is 10.5 Å². The average Bonchev–Trinajstić information content (AvgIpc) is 2.00. The van der Waals surface area contributed by atoms with Gasteiger partial charge in [0, 0.05) is 19.6 Å². The van der Waals surface area contributed by atoms with Crippen LogP contribution in [0.25, 0.3) is 0 Å². The number of ether oxygens (including phenoxy) is 1. The van der Waals surface area contributed by atoms with Crippen molar-refractivity contribution in [2.75, 3.05) is 19.8 Å². The van der Waals surface area contributed by atoms with Crippen molar-refractivity contribution in [1.29, 1.82) is 0 Å². The quantitative estimate of drug-likeness (QED) is 0.570. The van der Waals surface area contributed by atoms with Crippen LogP contribution in [0.4, 0.5) is 0 Å². The van der Waals surface area contributed by atoms with Gasteiger partial charge in [-0.15, -0.1) is 0 Å². The van der Waals surface area contributed by atoms with Gasteiger partial charge in [-0.3, -0.25) is 4.79 Å². The van der Waals surface area contributed by atoms with E-state index in [2.05, 4.69) is 17.5 Å². The van der Waals surface area contributed by atoms with Gasteiger partial charge < -0.3 is 15.8 Å². The molecule has 0 aliphatic rings. The van der Waals surface area contributed by atoms with Crippen molar-refractivity contribution >= 4 is 23.1 Å². The molecule has 5 heteroatoms. The zero-order valence-electron chi connectivity index (χ0n) is 7.13. The fraction of sp³-hybridized carbons (Fsp3) is 0.714. The molecule has 0 spiro atoms. The molecule has 0 aromatic carbocycles. The Morgan fingerprint density at radius 1 is 1.67 bits per heavy atom. The number of nitrogens with one attached hydrogen (secondary N) is 1. The minimum absolute atomic E-state index is 0.105. The summed E-state index contributed by atoms with van der Waals surface area (Å²) >= 11 is 4.63. The second-order valence-electron chi connectivity index (χ2n) is 2.20. The van der Waals surface area contributed by atoms with Crippen LogP contribution in [-0.4, -0.2) is 30.7 Å². The minimum Gasteiger partial charge on any atom is -0.393 e. The van der Waals surface area contributed by atoms with Crippen LogP contribution in [0.2, 0.25) is 0 Å². The van der Waals surface area contributed by atoms with Crippen molar-refractivity contribution in [3.8, 4) is 0 Å². The van der Waals surface area contributed by atoms with Crippen molar-refractivity contribution in [2.45, 2.75) is 13.3 Å². The molecular formula is C7H14N2O2S. The van der Waals surface area contributed by atoms with E-state index in [0.29, 0.717) is 24.6 Å². The summed E-state index contributed by atoms with van der Waals surface area (Å²) in [5, 5.41) is 2.62. The van der Waals surface area contributed by atoms with Crippen molar-refractivity contribution in [1.82, 2.24) is 5.32 Å². The number of hydrogen-bond acceptors (Lipinski definition) is 3. The second kappa shape index (κ2) is 7.00. The van der Waals surface area contributed by atoms with Gasteiger partial charge in [-0.25, -0.2) is 0 Å². The smallest absolute Gasteiger partial charge is 0.246 e. The van der Waals surface area contributed by atoms with Crippen LogP contribution in [0, 0.1) is 0 Å². The third-order valence-electron chi connectivity index (χ3n) is 1.13. The SMILES string of the molecule is CCOCC(=O)NCCC(N)=S. The number of carbonyl (C=O) groups excluding carboxylic acids is 1. The molecule has 0 aliphatic heterocycles. The number of nitrogens with two attached hydrogens (primary N) is 1. The molecule has 0 saturated carbocycles. The van der Waals surface area contributed by atoms with Crippen molar-refractivity contribution in [3.63, 3.8) is 0 Å². The highest BCUT2D eigenvalue weighted by Gasteiger charge is 1.98. The molecule has 70 valence electrons. The van der Waals surface area contributed by atoms with Crippen molar-refractivity contribution in [2.24, 2.45) is 5.73 Å². The first-order valence-electron chi connectivity index (χ1n) is 3.79. The second-order valence-corrected chi connectivity index (χ2v) is 2.73. The molecular weight excluding hydrogens is 176 g/mol. The normalized spacial score (nSPS) is 9.42. The van der Waals surface area contributed by atoms with Crippen LogP contribution in [0.15, 0.2) is 0 Å². The zero-order chi connectivity index (χ0) is 9.40. The summed E-state index contributed by atoms with van der Waals surface area (Å²) in [7, 11) is 0. The van der Waals surface area contributed by atoms with E-state index >= 15 is 0 Å². The van der Waals surface area contributed by atoms with Gasteiger partial charge in [0.25, 0.3) is 0 Å². The molecule has 4 nitrogen and oxygen atoms in total. The van der Waals surface area contributed by atoms with Gasteiger partial charge in [0.2, 0.25) is 5.91 Å². The largest absolute Gasteiger partial charge is 0.393 e. The molecule has 0 fully saturated rings. The lowest BCUT2D eigenvalue weighted by Crippen LogP contribution is -2.30. The minimum atomic E-state index is -0.131. The average molecular weight is 190 g/mol. The lowest BCUT2D eigenvalue weighted by molar-refractivity contribution is -0.125. The summed E-state index contributed by atoms with van der Waals surface area (Å²) in [6.07, 6.45) is 0.535. The van der Waals surface area contributed by atoms with E-state index in [1.54, 1.807) is 0 Å². The Labute approximate surface area is 77.5 Å². The molecule has 0 bridgehead atoms.